The molecule has 4 rings (SSSR count). The van der Waals surface area contributed by atoms with Crippen LogP contribution in [-0.4, -0.2) is 85.3 Å². The number of alkyl halides is 5. The minimum absolute atomic E-state index is 0.00690. The van der Waals surface area contributed by atoms with E-state index < -0.39 is 88.6 Å². The maximum absolute atomic E-state index is 13.7. The lowest BCUT2D eigenvalue weighted by atomic mass is 9.43. The van der Waals surface area contributed by atoms with E-state index in [1.165, 1.54) is 20.8 Å². The summed E-state index contributed by atoms with van der Waals surface area (Å²) in [5.74, 6) is -3.69. The second-order valence-electron chi connectivity index (χ2n) is 16.6. The molecule has 0 spiro atoms. The van der Waals surface area contributed by atoms with Gasteiger partial charge in [-0.25, -0.2) is 0 Å². The van der Waals surface area contributed by atoms with Gasteiger partial charge in [-0.1, -0.05) is 20.8 Å². The fraction of sp³-hybridized carbons (Fsp3) is 0.865. The van der Waals surface area contributed by atoms with Gasteiger partial charge >= 0.3 is 51.4 Å². The summed E-state index contributed by atoms with van der Waals surface area (Å²) in [6, 6.07) is 0. The third-order valence-electron chi connectivity index (χ3n) is 13.2. The first-order chi connectivity index (χ1) is 25.7. The Morgan fingerprint density at radius 1 is 0.821 bits per heavy atom. The molecule has 0 aliphatic heterocycles. The van der Waals surface area contributed by atoms with Crippen molar-refractivity contribution in [3.8, 4) is 0 Å². The summed E-state index contributed by atoms with van der Waals surface area (Å²) in [5.41, 5.74) is -0.736. The minimum atomic E-state index is -6.58. The zero-order valence-electron chi connectivity index (χ0n) is 32.4. The Kier molecular flexibility index (Phi) is 13.9. The Morgan fingerprint density at radius 2 is 1.45 bits per heavy atom. The molecule has 19 heteroatoms. The zero-order chi connectivity index (χ0) is 42.2. The van der Waals surface area contributed by atoms with E-state index in [4.69, 9.17) is 23.5 Å². The smallest absolute Gasteiger partial charge is 0.432 e. The zero-order valence-corrected chi connectivity index (χ0v) is 33.2. The van der Waals surface area contributed by atoms with E-state index in [1.54, 1.807) is 0 Å². The van der Waals surface area contributed by atoms with Crippen molar-refractivity contribution < 1.29 is 82.6 Å². The Labute approximate surface area is 323 Å². The van der Waals surface area contributed by atoms with E-state index in [-0.39, 0.29) is 59.4 Å². The first-order valence-electron chi connectivity index (χ1n) is 19.0. The maximum atomic E-state index is 13.7. The molecule has 0 bridgehead atoms. The number of hydrogen-bond donors (Lipinski definition) is 1. The lowest BCUT2D eigenvalue weighted by Crippen LogP contribution is -2.63. The topological polar surface area (TPSA) is 186 Å². The van der Waals surface area contributed by atoms with Crippen LogP contribution in [0.1, 0.15) is 112 Å². The van der Waals surface area contributed by atoms with Gasteiger partial charge < -0.3 is 23.7 Å². The number of esters is 5. The predicted octanol–water partition coefficient (Wildman–Crippen LogP) is 6.35. The molecule has 4 unspecified atom stereocenters. The van der Waals surface area contributed by atoms with Crippen LogP contribution in [0.2, 0.25) is 0 Å². The first kappa shape index (κ1) is 45.6. The van der Waals surface area contributed by atoms with Crippen molar-refractivity contribution >= 4 is 40.0 Å². The number of ether oxygens (including phenoxy) is 5. The SMILES string of the molecule is CC(=O)OC1CC[C@@]2(C)[C@@H](C1)CC(OC(C)=O)[C@@H]1[C@@H]2CC(OC(C)=O)[C@]2(C)[C@@H]([C@H](C)CCC(=O)OCCCC(=O)OC(C(F)(F)F)C(F)(F)S(=O)(=O)O)CC[C@@H]12. The highest BCUT2D eigenvalue weighted by Gasteiger charge is 2.68. The van der Waals surface area contributed by atoms with Crippen LogP contribution in [0.4, 0.5) is 22.0 Å². The summed E-state index contributed by atoms with van der Waals surface area (Å²) in [4.78, 5) is 61.5. The third kappa shape index (κ3) is 9.60. The van der Waals surface area contributed by atoms with Gasteiger partial charge in [-0.2, -0.15) is 30.4 Å². The van der Waals surface area contributed by atoms with Gasteiger partial charge in [0, 0.05) is 44.9 Å². The van der Waals surface area contributed by atoms with Crippen LogP contribution in [-0.2, 0) is 57.8 Å². The lowest BCUT2D eigenvalue weighted by Gasteiger charge is -2.64. The number of halogens is 5. The van der Waals surface area contributed by atoms with Crippen LogP contribution >= 0.6 is 0 Å². The fourth-order valence-corrected chi connectivity index (χ4v) is 11.2. The molecule has 0 heterocycles. The molecule has 1 N–H and O–H groups in total. The second-order valence-corrected chi connectivity index (χ2v) is 18.0. The van der Waals surface area contributed by atoms with Crippen molar-refractivity contribution in [2.75, 3.05) is 6.61 Å². The van der Waals surface area contributed by atoms with Gasteiger partial charge in [0.05, 0.1) is 6.61 Å². The van der Waals surface area contributed by atoms with E-state index >= 15 is 0 Å². The number of carbonyl (C=O) groups is 5. The van der Waals surface area contributed by atoms with Crippen LogP contribution in [0.3, 0.4) is 0 Å². The van der Waals surface area contributed by atoms with Gasteiger partial charge in [0.2, 0.25) is 0 Å². The molecule has 12 atom stereocenters. The minimum Gasteiger partial charge on any atom is -0.466 e. The molecular weight excluding hydrogens is 779 g/mol. The molecule has 13 nitrogen and oxygen atoms in total. The molecule has 0 radical (unpaired) electrons. The quantitative estimate of drug-likeness (QED) is 0.0672. The molecule has 56 heavy (non-hydrogen) atoms. The number of fused-ring (bicyclic) bond motifs is 5. The molecule has 0 aromatic heterocycles. The van der Waals surface area contributed by atoms with Crippen LogP contribution < -0.4 is 0 Å². The van der Waals surface area contributed by atoms with Crippen molar-refractivity contribution in [1.82, 2.24) is 0 Å². The molecule has 0 aromatic carbocycles. The standard InChI is InChI=1S/C37H53F5O13S/c1-19(9-12-30(46)51-15-7-8-31(47)55-33(36(38,39)40)37(41,42)56(48,49)50)25-10-11-26-32-27(18-29(35(25,26)6)54-22(4)45)34(5)14-13-24(52-20(2)43)16-23(34)17-28(32)53-21(3)44/h19,23-29,32-33H,7-18H2,1-6H3,(H,48,49,50)/t19-,23+,24?,25-,26+,27+,28?,29?,32+,33?,34+,35-/m1/s1. The predicted molar refractivity (Wildman–Crippen MR) is 184 cm³/mol. The molecule has 4 saturated carbocycles. The van der Waals surface area contributed by atoms with Crippen molar-refractivity contribution in [2.45, 2.75) is 148 Å². The highest BCUT2D eigenvalue weighted by molar-refractivity contribution is 7.86. The molecule has 4 aliphatic carbocycles. The Morgan fingerprint density at radius 3 is 2.02 bits per heavy atom. The molecule has 0 amide bonds. The average molecular weight is 833 g/mol. The van der Waals surface area contributed by atoms with Crippen molar-refractivity contribution in [3.63, 3.8) is 0 Å². The van der Waals surface area contributed by atoms with E-state index in [0.29, 0.717) is 32.1 Å². The summed E-state index contributed by atoms with van der Waals surface area (Å²) in [6.45, 7) is 10.0. The summed E-state index contributed by atoms with van der Waals surface area (Å²) in [5, 5.41) is -5.85. The van der Waals surface area contributed by atoms with E-state index in [9.17, 15) is 54.3 Å². The fourth-order valence-electron chi connectivity index (χ4n) is 10.8. The number of hydrogen-bond acceptors (Lipinski definition) is 12. The van der Waals surface area contributed by atoms with Gasteiger partial charge in [0.15, 0.2) is 0 Å². The molecule has 4 fully saturated rings. The number of carbonyl (C=O) groups excluding carboxylic acids is 5. The summed E-state index contributed by atoms with van der Waals surface area (Å²) >= 11 is 0. The van der Waals surface area contributed by atoms with Crippen LogP contribution in [0.25, 0.3) is 0 Å². The Balaban J connectivity index is 1.41. The summed E-state index contributed by atoms with van der Waals surface area (Å²) in [6.07, 6.45) is -7.85. The highest BCUT2D eigenvalue weighted by Crippen LogP contribution is 2.69. The summed E-state index contributed by atoms with van der Waals surface area (Å²) in [7, 11) is -6.58. The monoisotopic (exact) mass is 832 g/mol. The van der Waals surface area contributed by atoms with Crippen LogP contribution in [0.5, 0.6) is 0 Å². The normalized spacial score (nSPS) is 34.1. The third-order valence-corrected chi connectivity index (χ3v) is 14.1. The molecule has 320 valence electrons. The second kappa shape index (κ2) is 17.0. The molecule has 0 saturated heterocycles. The first-order valence-corrected chi connectivity index (χ1v) is 20.5. The Bertz CT molecular complexity index is 1600. The number of rotatable bonds is 14. The van der Waals surface area contributed by atoms with Gasteiger partial charge in [-0.15, -0.1) is 0 Å². The van der Waals surface area contributed by atoms with Crippen LogP contribution in [0, 0.1) is 46.3 Å². The van der Waals surface area contributed by atoms with E-state index in [0.717, 1.165) is 19.3 Å². The van der Waals surface area contributed by atoms with E-state index in [1.807, 2.05) is 6.92 Å². The van der Waals surface area contributed by atoms with Gasteiger partial charge in [0.1, 0.15) is 18.3 Å². The van der Waals surface area contributed by atoms with Crippen molar-refractivity contribution in [2.24, 2.45) is 46.3 Å². The van der Waals surface area contributed by atoms with Gasteiger partial charge in [-0.3, -0.25) is 28.5 Å². The highest BCUT2D eigenvalue weighted by atomic mass is 32.2. The maximum Gasteiger partial charge on any atom is 0.432 e. The lowest BCUT2D eigenvalue weighted by molar-refractivity contribution is -0.259. The van der Waals surface area contributed by atoms with Crippen molar-refractivity contribution in [1.29, 1.82) is 0 Å². The van der Waals surface area contributed by atoms with Gasteiger partial charge in [-0.05, 0) is 92.8 Å². The van der Waals surface area contributed by atoms with Gasteiger partial charge in [0.25, 0.3) is 6.10 Å². The summed E-state index contributed by atoms with van der Waals surface area (Å²) < 4.78 is 123. The van der Waals surface area contributed by atoms with Crippen molar-refractivity contribution in [3.05, 3.63) is 0 Å². The molecular formula is C37H53F5O13S. The largest absolute Gasteiger partial charge is 0.466 e. The van der Waals surface area contributed by atoms with Crippen LogP contribution in [0.15, 0.2) is 0 Å². The average Bonchev–Trinajstić information content (AvgIpc) is 3.41. The Hall–Kier alpha value is -3.09. The molecule has 4 aliphatic rings. The van der Waals surface area contributed by atoms with E-state index in [2.05, 4.69) is 18.6 Å². The molecule has 0 aromatic rings.